The molecule has 1 N–H and O–H groups in total. The van der Waals surface area contributed by atoms with Crippen molar-refractivity contribution in [1.82, 2.24) is 5.32 Å². The Bertz CT molecular complexity index is 756. The molecule has 0 aromatic heterocycles. The highest BCUT2D eigenvalue weighted by molar-refractivity contribution is 5.91. The lowest BCUT2D eigenvalue weighted by Gasteiger charge is -2.07. The molecule has 1 amide bonds. The Morgan fingerprint density at radius 1 is 1.17 bits per heavy atom. The number of esters is 1. The summed E-state index contributed by atoms with van der Waals surface area (Å²) in [5.74, 6) is -1.24. The van der Waals surface area contributed by atoms with Crippen LogP contribution in [0.4, 0.5) is 5.69 Å². The van der Waals surface area contributed by atoms with Gasteiger partial charge >= 0.3 is 5.97 Å². The first kappa shape index (κ1) is 17.1. The van der Waals surface area contributed by atoms with Gasteiger partial charge in [-0.15, -0.1) is 0 Å². The van der Waals surface area contributed by atoms with E-state index in [0.29, 0.717) is 6.54 Å². The fraction of sp³-hybridized carbons (Fsp3) is 0.176. The van der Waals surface area contributed by atoms with Crippen LogP contribution in [-0.4, -0.2) is 23.4 Å². The minimum absolute atomic E-state index is 0.0236. The first-order valence-corrected chi connectivity index (χ1v) is 7.19. The molecule has 0 heterocycles. The van der Waals surface area contributed by atoms with Gasteiger partial charge in [0.15, 0.2) is 6.61 Å². The van der Waals surface area contributed by atoms with Crippen LogP contribution in [0.3, 0.4) is 0 Å². The maximum absolute atomic E-state index is 11.8. The van der Waals surface area contributed by atoms with Crippen LogP contribution in [0.25, 0.3) is 0 Å². The van der Waals surface area contributed by atoms with E-state index >= 15 is 0 Å². The Labute approximate surface area is 138 Å². The third-order valence-corrected chi connectivity index (χ3v) is 3.24. The maximum atomic E-state index is 11.8. The molecule has 2 aromatic carbocycles. The smallest absolute Gasteiger partial charge is 0.338 e. The van der Waals surface area contributed by atoms with Gasteiger partial charge in [-0.3, -0.25) is 14.9 Å². The summed E-state index contributed by atoms with van der Waals surface area (Å²) in [4.78, 5) is 33.6. The third kappa shape index (κ3) is 4.91. The summed E-state index contributed by atoms with van der Waals surface area (Å²) >= 11 is 0. The van der Waals surface area contributed by atoms with Gasteiger partial charge in [-0.2, -0.15) is 0 Å². The largest absolute Gasteiger partial charge is 0.452 e. The summed E-state index contributed by atoms with van der Waals surface area (Å²) in [6.07, 6.45) is 0. The van der Waals surface area contributed by atoms with Crippen molar-refractivity contribution in [3.8, 4) is 0 Å². The fourth-order valence-corrected chi connectivity index (χ4v) is 1.92. The zero-order chi connectivity index (χ0) is 17.5. The first-order chi connectivity index (χ1) is 11.5. The Kier molecular flexibility index (Phi) is 5.62. The predicted octanol–water partition coefficient (Wildman–Crippen LogP) is 2.38. The fourth-order valence-electron chi connectivity index (χ4n) is 1.92. The standard InChI is InChI=1S/C17H16N2O5/c1-12-5-7-13(8-6-12)10-18-16(20)11-24-17(21)14-3-2-4-15(9-14)19(22)23/h2-9H,10-11H2,1H3,(H,18,20). The molecule has 0 aliphatic heterocycles. The Morgan fingerprint density at radius 2 is 1.88 bits per heavy atom. The molecule has 0 saturated carbocycles. The van der Waals surface area contributed by atoms with E-state index in [4.69, 9.17) is 4.74 Å². The van der Waals surface area contributed by atoms with Gasteiger partial charge in [-0.1, -0.05) is 35.9 Å². The van der Waals surface area contributed by atoms with Gasteiger partial charge in [0, 0.05) is 18.7 Å². The number of carbonyl (C=O) groups is 2. The number of aryl methyl sites for hydroxylation is 1. The zero-order valence-corrected chi connectivity index (χ0v) is 13.0. The lowest BCUT2D eigenvalue weighted by atomic mass is 10.1. The SMILES string of the molecule is Cc1ccc(CNC(=O)COC(=O)c2cccc([N+](=O)[O-])c2)cc1. The number of ether oxygens (including phenoxy) is 1. The molecular weight excluding hydrogens is 312 g/mol. The molecule has 0 atom stereocenters. The molecule has 24 heavy (non-hydrogen) atoms. The van der Waals surface area contributed by atoms with Crippen LogP contribution >= 0.6 is 0 Å². The van der Waals surface area contributed by atoms with Crippen molar-refractivity contribution in [3.63, 3.8) is 0 Å². The van der Waals surface area contributed by atoms with Gasteiger partial charge < -0.3 is 10.1 Å². The second kappa shape index (κ2) is 7.87. The van der Waals surface area contributed by atoms with E-state index < -0.39 is 23.4 Å². The van der Waals surface area contributed by atoms with E-state index in [1.165, 1.54) is 18.2 Å². The first-order valence-electron chi connectivity index (χ1n) is 7.19. The zero-order valence-electron chi connectivity index (χ0n) is 13.0. The number of benzene rings is 2. The van der Waals surface area contributed by atoms with Gasteiger partial charge in [0.1, 0.15) is 0 Å². The van der Waals surface area contributed by atoms with Gasteiger partial charge in [0.25, 0.3) is 11.6 Å². The summed E-state index contributed by atoms with van der Waals surface area (Å²) in [6.45, 7) is 1.84. The predicted molar refractivity (Wildman–Crippen MR) is 86.4 cm³/mol. The summed E-state index contributed by atoms with van der Waals surface area (Å²) < 4.78 is 4.86. The van der Waals surface area contributed by atoms with Gasteiger partial charge in [0.2, 0.25) is 0 Å². The molecule has 0 saturated heterocycles. The lowest BCUT2D eigenvalue weighted by molar-refractivity contribution is -0.384. The number of nitro groups is 1. The molecule has 2 aromatic rings. The third-order valence-electron chi connectivity index (χ3n) is 3.24. The molecule has 0 bridgehead atoms. The minimum Gasteiger partial charge on any atom is -0.452 e. The minimum atomic E-state index is -0.788. The number of nitro benzene ring substituents is 1. The molecule has 0 radical (unpaired) electrons. The summed E-state index contributed by atoms with van der Waals surface area (Å²) in [6, 6.07) is 12.8. The Balaban J connectivity index is 1.82. The number of nitrogens with zero attached hydrogens (tertiary/aromatic N) is 1. The van der Waals surface area contributed by atoms with Crippen molar-refractivity contribution in [3.05, 3.63) is 75.3 Å². The lowest BCUT2D eigenvalue weighted by Crippen LogP contribution is -2.28. The number of hydrogen-bond donors (Lipinski definition) is 1. The maximum Gasteiger partial charge on any atom is 0.338 e. The van der Waals surface area contributed by atoms with E-state index in [2.05, 4.69) is 5.32 Å². The number of carbonyl (C=O) groups excluding carboxylic acids is 2. The van der Waals surface area contributed by atoms with Crippen molar-refractivity contribution in [2.75, 3.05) is 6.61 Å². The molecular formula is C17H16N2O5. The van der Waals surface area contributed by atoms with Gasteiger partial charge in [0.05, 0.1) is 10.5 Å². The second-order valence-electron chi connectivity index (χ2n) is 5.15. The van der Waals surface area contributed by atoms with E-state index in [1.54, 1.807) is 0 Å². The Morgan fingerprint density at radius 3 is 2.54 bits per heavy atom. The average Bonchev–Trinajstić information content (AvgIpc) is 2.59. The van der Waals surface area contributed by atoms with E-state index in [9.17, 15) is 19.7 Å². The van der Waals surface area contributed by atoms with Gasteiger partial charge in [-0.25, -0.2) is 4.79 Å². The highest BCUT2D eigenvalue weighted by atomic mass is 16.6. The molecule has 124 valence electrons. The number of amides is 1. The monoisotopic (exact) mass is 328 g/mol. The molecule has 0 unspecified atom stereocenters. The van der Waals surface area contributed by atoms with E-state index in [1.807, 2.05) is 31.2 Å². The summed E-state index contributed by atoms with van der Waals surface area (Å²) in [5.41, 5.74) is 1.86. The van der Waals surface area contributed by atoms with Crippen molar-refractivity contribution in [2.45, 2.75) is 13.5 Å². The van der Waals surface area contributed by atoms with Crippen molar-refractivity contribution in [2.24, 2.45) is 0 Å². The normalized spacial score (nSPS) is 10.0. The van der Waals surface area contributed by atoms with Crippen LogP contribution in [0.5, 0.6) is 0 Å². The van der Waals surface area contributed by atoms with Crippen molar-refractivity contribution in [1.29, 1.82) is 0 Å². The van der Waals surface area contributed by atoms with Crippen LogP contribution in [-0.2, 0) is 16.1 Å². The molecule has 2 rings (SSSR count). The van der Waals surface area contributed by atoms with E-state index in [-0.39, 0.29) is 11.3 Å². The van der Waals surface area contributed by atoms with Crippen LogP contribution in [0, 0.1) is 17.0 Å². The van der Waals surface area contributed by atoms with Crippen LogP contribution in [0.15, 0.2) is 48.5 Å². The highest BCUT2D eigenvalue weighted by Gasteiger charge is 2.14. The molecule has 0 aliphatic rings. The summed E-state index contributed by atoms with van der Waals surface area (Å²) in [5, 5.41) is 13.3. The quantitative estimate of drug-likeness (QED) is 0.499. The van der Waals surface area contributed by atoms with Gasteiger partial charge in [-0.05, 0) is 18.6 Å². The number of nitrogens with one attached hydrogen (secondary N) is 1. The summed E-state index contributed by atoms with van der Waals surface area (Å²) in [7, 11) is 0. The van der Waals surface area contributed by atoms with Crippen LogP contribution in [0.1, 0.15) is 21.5 Å². The average molecular weight is 328 g/mol. The molecule has 0 aliphatic carbocycles. The molecule has 7 nitrogen and oxygen atoms in total. The number of rotatable bonds is 6. The number of non-ortho nitro benzene ring substituents is 1. The van der Waals surface area contributed by atoms with Crippen molar-refractivity contribution >= 4 is 17.6 Å². The molecule has 0 spiro atoms. The molecule has 0 fully saturated rings. The molecule has 7 heteroatoms. The topological polar surface area (TPSA) is 98.5 Å². The Hall–Kier alpha value is -3.22. The van der Waals surface area contributed by atoms with Crippen LogP contribution < -0.4 is 5.32 Å². The van der Waals surface area contributed by atoms with E-state index in [0.717, 1.165) is 17.2 Å². The number of hydrogen-bond acceptors (Lipinski definition) is 5. The van der Waals surface area contributed by atoms with Crippen LogP contribution in [0.2, 0.25) is 0 Å². The second-order valence-corrected chi connectivity index (χ2v) is 5.15. The highest BCUT2D eigenvalue weighted by Crippen LogP contribution is 2.13. The van der Waals surface area contributed by atoms with Crippen molar-refractivity contribution < 1.29 is 19.2 Å².